The number of thiophene rings is 1. The zero-order valence-electron chi connectivity index (χ0n) is 12.8. The summed E-state index contributed by atoms with van der Waals surface area (Å²) in [5, 5.41) is 2.13. The summed E-state index contributed by atoms with van der Waals surface area (Å²) in [6.45, 7) is 2.25. The third kappa shape index (κ3) is 4.38. The second-order valence-corrected chi connectivity index (χ2v) is 6.23. The SMILES string of the molecule is COCc1ccccc1C(CN)N(C)CCc1cccs1. The average molecular weight is 304 g/mol. The molecule has 0 saturated heterocycles. The summed E-state index contributed by atoms with van der Waals surface area (Å²) >= 11 is 1.81. The Kier molecular flexibility index (Phi) is 6.39. The van der Waals surface area contributed by atoms with E-state index in [4.69, 9.17) is 10.5 Å². The number of methoxy groups -OCH3 is 1. The first-order chi connectivity index (χ1) is 10.3. The molecular weight excluding hydrogens is 280 g/mol. The summed E-state index contributed by atoms with van der Waals surface area (Å²) in [5.74, 6) is 0. The van der Waals surface area contributed by atoms with Crippen LogP contribution in [0.5, 0.6) is 0 Å². The first-order valence-corrected chi connectivity index (χ1v) is 8.13. The van der Waals surface area contributed by atoms with Gasteiger partial charge in [0.25, 0.3) is 0 Å². The van der Waals surface area contributed by atoms with E-state index in [0.717, 1.165) is 13.0 Å². The molecule has 0 fully saturated rings. The van der Waals surface area contributed by atoms with Gasteiger partial charge in [-0.3, -0.25) is 4.90 Å². The van der Waals surface area contributed by atoms with Gasteiger partial charge < -0.3 is 10.5 Å². The maximum Gasteiger partial charge on any atom is 0.0716 e. The lowest BCUT2D eigenvalue weighted by molar-refractivity contribution is 0.180. The third-order valence-corrected chi connectivity index (χ3v) is 4.70. The van der Waals surface area contributed by atoms with Crippen molar-refractivity contribution in [2.24, 2.45) is 5.73 Å². The van der Waals surface area contributed by atoms with Crippen LogP contribution in [-0.4, -0.2) is 32.1 Å². The highest BCUT2D eigenvalue weighted by Gasteiger charge is 2.18. The van der Waals surface area contributed by atoms with Gasteiger partial charge in [0.05, 0.1) is 6.61 Å². The molecule has 1 heterocycles. The van der Waals surface area contributed by atoms with Gasteiger partial charge in [-0.15, -0.1) is 11.3 Å². The van der Waals surface area contributed by atoms with Gasteiger partial charge in [-0.2, -0.15) is 0 Å². The van der Waals surface area contributed by atoms with Gasteiger partial charge in [0.1, 0.15) is 0 Å². The zero-order valence-corrected chi connectivity index (χ0v) is 13.6. The fourth-order valence-electron chi connectivity index (χ4n) is 2.59. The molecule has 0 amide bonds. The van der Waals surface area contributed by atoms with E-state index in [-0.39, 0.29) is 6.04 Å². The number of hydrogen-bond donors (Lipinski definition) is 1. The van der Waals surface area contributed by atoms with E-state index in [1.807, 2.05) is 11.3 Å². The molecule has 114 valence electrons. The van der Waals surface area contributed by atoms with E-state index in [1.54, 1.807) is 7.11 Å². The van der Waals surface area contributed by atoms with Crippen molar-refractivity contribution >= 4 is 11.3 Å². The fraction of sp³-hybridized carbons (Fsp3) is 0.412. The minimum absolute atomic E-state index is 0.233. The molecule has 2 N–H and O–H groups in total. The Balaban J connectivity index is 2.07. The van der Waals surface area contributed by atoms with Crippen LogP contribution in [0.15, 0.2) is 41.8 Å². The molecule has 1 atom stereocenters. The van der Waals surface area contributed by atoms with Crippen molar-refractivity contribution in [2.45, 2.75) is 19.1 Å². The topological polar surface area (TPSA) is 38.5 Å². The van der Waals surface area contributed by atoms with Crippen LogP contribution >= 0.6 is 11.3 Å². The number of likely N-dealkylation sites (N-methyl/N-ethyl adjacent to an activating group) is 1. The Bertz CT molecular complexity index is 527. The highest BCUT2D eigenvalue weighted by molar-refractivity contribution is 7.09. The lowest BCUT2D eigenvalue weighted by Gasteiger charge is -2.29. The summed E-state index contributed by atoms with van der Waals surface area (Å²) in [7, 11) is 3.88. The summed E-state index contributed by atoms with van der Waals surface area (Å²) < 4.78 is 5.30. The minimum atomic E-state index is 0.233. The van der Waals surface area contributed by atoms with Crippen LogP contribution in [0.1, 0.15) is 22.0 Å². The monoisotopic (exact) mass is 304 g/mol. The predicted octanol–water partition coefficient (Wildman–Crippen LogP) is 3.07. The molecule has 4 heteroatoms. The Labute approximate surface area is 131 Å². The normalized spacial score (nSPS) is 12.8. The standard InChI is InChI=1S/C17H24N2OS/c1-19(10-9-15-7-5-11-21-15)17(12-18)16-8-4-3-6-14(16)13-20-2/h3-8,11,17H,9-10,12-13,18H2,1-2H3. The molecule has 0 bridgehead atoms. The van der Waals surface area contributed by atoms with Crippen LogP contribution in [-0.2, 0) is 17.8 Å². The highest BCUT2D eigenvalue weighted by atomic mass is 32.1. The van der Waals surface area contributed by atoms with Crippen LogP contribution in [0.3, 0.4) is 0 Å². The molecule has 0 radical (unpaired) electrons. The first kappa shape index (κ1) is 16.2. The van der Waals surface area contributed by atoms with Crippen molar-refractivity contribution in [3.63, 3.8) is 0 Å². The lowest BCUT2D eigenvalue weighted by atomic mass is 9.99. The van der Waals surface area contributed by atoms with Crippen LogP contribution in [0.2, 0.25) is 0 Å². The van der Waals surface area contributed by atoms with Gasteiger partial charge >= 0.3 is 0 Å². The molecule has 0 saturated carbocycles. The Morgan fingerprint density at radius 2 is 2.05 bits per heavy atom. The van der Waals surface area contributed by atoms with Gasteiger partial charge in [0.15, 0.2) is 0 Å². The van der Waals surface area contributed by atoms with E-state index in [9.17, 15) is 0 Å². The van der Waals surface area contributed by atoms with Crippen molar-refractivity contribution in [2.75, 3.05) is 27.2 Å². The van der Waals surface area contributed by atoms with Gasteiger partial charge in [-0.1, -0.05) is 30.3 Å². The molecule has 0 aliphatic carbocycles. The molecular formula is C17H24N2OS. The molecule has 1 aromatic heterocycles. The van der Waals surface area contributed by atoms with E-state index in [1.165, 1.54) is 16.0 Å². The quantitative estimate of drug-likeness (QED) is 0.814. The van der Waals surface area contributed by atoms with Crippen molar-refractivity contribution in [1.29, 1.82) is 0 Å². The second kappa shape index (κ2) is 8.29. The van der Waals surface area contributed by atoms with Gasteiger partial charge in [-0.05, 0) is 36.0 Å². The van der Waals surface area contributed by atoms with Crippen molar-refractivity contribution in [3.8, 4) is 0 Å². The van der Waals surface area contributed by atoms with Crippen molar-refractivity contribution in [1.82, 2.24) is 4.90 Å². The lowest BCUT2D eigenvalue weighted by Crippen LogP contribution is -2.32. The van der Waals surface area contributed by atoms with Gasteiger partial charge in [-0.25, -0.2) is 0 Å². The Morgan fingerprint density at radius 3 is 2.71 bits per heavy atom. The predicted molar refractivity (Wildman–Crippen MR) is 89.6 cm³/mol. The summed E-state index contributed by atoms with van der Waals surface area (Å²) in [6, 6.07) is 12.9. The molecule has 1 unspecified atom stereocenters. The molecule has 0 aliphatic heterocycles. The molecule has 1 aromatic carbocycles. The molecule has 2 aromatic rings. The fourth-order valence-corrected chi connectivity index (χ4v) is 3.29. The van der Waals surface area contributed by atoms with Crippen LogP contribution in [0.4, 0.5) is 0 Å². The zero-order chi connectivity index (χ0) is 15.1. The van der Waals surface area contributed by atoms with Crippen molar-refractivity contribution < 1.29 is 4.74 Å². The number of nitrogens with two attached hydrogens (primary N) is 1. The van der Waals surface area contributed by atoms with Crippen LogP contribution in [0.25, 0.3) is 0 Å². The molecule has 3 nitrogen and oxygen atoms in total. The van der Waals surface area contributed by atoms with E-state index in [0.29, 0.717) is 13.2 Å². The van der Waals surface area contributed by atoms with Gasteiger partial charge in [0.2, 0.25) is 0 Å². The maximum absolute atomic E-state index is 6.04. The number of hydrogen-bond acceptors (Lipinski definition) is 4. The number of ether oxygens (including phenoxy) is 1. The molecule has 2 rings (SSSR count). The maximum atomic E-state index is 6.04. The van der Waals surface area contributed by atoms with E-state index < -0.39 is 0 Å². The van der Waals surface area contributed by atoms with Crippen LogP contribution < -0.4 is 5.73 Å². The minimum Gasteiger partial charge on any atom is -0.380 e. The number of nitrogens with zero attached hydrogens (tertiary/aromatic N) is 1. The molecule has 0 aliphatic rings. The summed E-state index contributed by atoms with van der Waals surface area (Å²) in [6.07, 6.45) is 1.07. The van der Waals surface area contributed by atoms with Crippen molar-refractivity contribution in [3.05, 3.63) is 57.8 Å². The van der Waals surface area contributed by atoms with Crippen LogP contribution in [0, 0.1) is 0 Å². The van der Waals surface area contributed by atoms with Gasteiger partial charge in [0, 0.05) is 31.1 Å². The molecule has 0 spiro atoms. The summed E-state index contributed by atoms with van der Waals surface area (Å²) in [5.41, 5.74) is 8.53. The summed E-state index contributed by atoms with van der Waals surface area (Å²) in [4.78, 5) is 3.76. The average Bonchev–Trinajstić information content (AvgIpc) is 3.01. The number of rotatable bonds is 8. The van der Waals surface area contributed by atoms with E-state index in [2.05, 4.69) is 53.7 Å². The number of benzene rings is 1. The highest BCUT2D eigenvalue weighted by Crippen LogP contribution is 2.23. The largest absolute Gasteiger partial charge is 0.380 e. The van der Waals surface area contributed by atoms with E-state index >= 15 is 0 Å². The first-order valence-electron chi connectivity index (χ1n) is 7.25. The molecule has 21 heavy (non-hydrogen) atoms. The Morgan fingerprint density at radius 1 is 1.24 bits per heavy atom. The second-order valence-electron chi connectivity index (χ2n) is 5.19. The third-order valence-electron chi connectivity index (χ3n) is 3.76. The Hall–Kier alpha value is -1.20. The smallest absolute Gasteiger partial charge is 0.0716 e.